The summed E-state index contributed by atoms with van der Waals surface area (Å²) in [6.45, 7) is 0.707. The Morgan fingerprint density at radius 2 is 1.65 bits per heavy atom. The van der Waals surface area contributed by atoms with E-state index in [-0.39, 0.29) is 31.8 Å². The number of amides is 4. The number of hydrogen-bond acceptors (Lipinski definition) is 6. The summed E-state index contributed by atoms with van der Waals surface area (Å²) in [6, 6.07) is 25.2. The minimum Gasteiger partial charge on any atom is -0.488 e. The van der Waals surface area contributed by atoms with Crippen LogP contribution in [-0.4, -0.2) is 70.6 Å². The second-order valence-corrected chi connectivity index (χ2v) is 11.6. The molecule has 2 saturated heterocycles. The first kappa shape index (κ1) is 30.6. The number of H-pyrrole nitrogens is 1. The van der Waals surface area contributed by atoms with Crippen LogP contribution in [0.1, 0.15) is 35.3 Å². The number of fused-ring (bicyclic) bond motifs is 1. The Kier molecular flexibility index (Phi) is 9.09. The Bertz CT molecular complexity index is 1710. The van der Waals surface area contributed by atoms with Gasteiger partial charge in [-0.15, -0.1) is 0 Å². The summed E-state index contributed by atoms with van der Waals surface area (Å²) >= 11 is 0. The predicted octanol–water partition coefficient (Wildman–Crippen LogP) is 2.73. The second kappa shape index (κ2) is 13.7. The molecule has 4 N–H and O–H groups in total. The summed E-state index contributed by atoms with van der Waals surface area (Å²) in [5.41, 5.74) is 1.90. The maximum Gasteiger partial charge on any atom is 0.289 e. The number of Topliss-reactive ketones (excluding diaryl/α,β-unsaturated/α-hetero) is 1. The highest BCUT2D eigenvalue weighted by atomic mass is 16.5. The van der Waals surface area contributed by atoms with Gasteiger partial charge < -0.3 is 30.6 Å². The normalized spacial score (nSPS) is 19.8. The molecule has 3 heterocycles. The average molecular weight is 622 g/mol. The third-order valence-corrected chi connectivity index (χ3v) is 8.47. The molecule has 0 aliphatic carbocycles. The summed E-state index contributed by atoms with van der Waals surface area (Å²) in [6.07, 6.45) is 0.0980. The highest BCUT2D eigenvalue weighted by Crippen LogP contribution is 2.27. The molecule has 4 aromatic rings. The van der Waals surface area contributed by atoms with Gasteiger partial charge in [-0.25, -0.2) is 0 Å². The smallest absolute Gasteiger partial charge is 0.289 e. The van der Waals surface area contributed by atoms with E-state index in [2.05, 4.69) is 20.9 Å². The molecule has 236 valence electrons. The lowest BCUT2D eigenvalue weighted by atomic mass is 9.95. The molecule has 0 spiro atoms. The van der Waals surface area contributed by atoms with Gasteiger partial charge in [0.1, 0.15) is 23.6 Å². The lowest BCUT2D eigenvalue weighted by molar-refractivity contribution is -0.141. The van der Waals surface area contributed by atoms with Crippen LogP contribution in [0.15, 0.2) is 91.0 Å². The zero-order chi connectivity index (χ0) is 32.0. The van der Waals surface area contributed by atoms with E-state index in [4.69, 9.17) is 4.74 Å². The minimum atomic E-state index is -1.27. The molecule has 4 unspecified atom stereocenters. The van der Waals surface area contributed by atoms with Gasteiger partial charge in [0.05, 0.1) is 12.6 Å². The quantitative estimate of drug-likeness (QED) is 0.189. The number of nitrogens with one attached hydrogen (secondary N) is 4. The molecule has 4 atom stereocenters. The van der Waals surface area contributed by atoms with E-state index in [1.807, 2.05) is 72.8 Å². The van der Waals surface area contributed by atoms with E-state index >= 15 is 0 Å². The van der Waals surface area contributed by atoms with E-state index in [0.29, 0.717) is 24.4 Å². The summed E-state index contributed by atoms with van der Waals surface area (Å²) in [7, 11) is 0. The van der Waals surface area contributed by atoms with Crippen molar-refractivity contribution in [1.82, 2.24) is 25.8 Å². The van der Waals surface area contributed by atoms with Crippen LogP contribution in [0.25, 0.3) is 10.9 Å². The molecule has 2 aliphatic rings. The molecule has 3 aromatic carbocycles. The van der Waals surface area contributed by atoms with Crippen LogP contribution in [0.4, 0.5) is 0 Å². The van der Waals surface area contributed by atoms with Crippen molar-refractivity contribution in [2.24, 2.45) is 5.92 Å². The molecule has 0 bridgehead atoms. The Balaban J connectivity index is 1.22. The number of ether oxygens (including phenoxy) is 1. The van der Waals surface area contributed by atoms with E-state index < -0.39 is 47.6 Å². The molecule has 2 aliphatic heterocycles. The third kappa shape index (κ3) is 6.93. The number of nitrogens with zero attached hydrogens (tertiary/aromatic N) is 1. The second-order valence-electron chi connectivity index (χ2n) is 11.6. The molecule has 0 radical (unpaired) electrons. The van der Waals surface area contributed by atoms with Gasteiger partial charge in [-0.3, -0.25) is 24.0 Å². The summed E-state index contributed by atoms with van der Waals surface area (Å²) in [5, 5.41) is 8.96. The van der Waals surface area contributed by atoms with E-state index in [0.717, 1.165) is 16.5 Å². The van der Waals surface area contributed by atoms with Gasteiger partial charge in [-0.05, 0) is 42.7 Å². The molecule has 2 fully saturated rings. The van der Waals surface area contributed by atoms with Crippen molar-refractivity contribution in [2.45, 2.75) is 44.0 Å². The monoisotopic (exact) mass is 621 g/mol. The number of carbonyl (C=O) groups is 5. The van der Waals surface area contributed by atoms with Crippen molar-refractivity contribution < 1.29 is 28.7 Å². The molecular weight excluding hydrogens is 586 g/mol. The number of aromatic amines is 1. The van der Waals surface area contributed by atoms with Gasteiger partial charge in [0.15, 0.2) is 0 Å². The zero-order valence-corrected chi connectivity index (χ0v) is 25.1. The van der Waals surface area contributed by atoms with Crippen LogP contribution in [-0.2, 0) is 25.7 Å². The van der Waals surface area contributed by atoms with Crippen LogP contribution in [0.2, 0.25) is 0 Å². The number of rotatable bonds is 11. The van der Waals surface area contributed by atoms with E-state index in [9.17, 15) is 24.0 Å². The Morgan fingerprint density at radius 1 is 0.935 bits per heavy atom. The first-order chi connectivity index (χ1) is 22.4. The summed E-state index contributed by atoms with van der Waals surface area (Å²) in [4.78, 5) is 71.4. The number of aromatic nitrogens is 1. The van der Waals surface area contributed by atoms with E-state index in [1.165, 1.54) is 4.90 Å². The topological polar surface area (TPSA) is 150 Å². The Morgan fingerprint density at radius 3 is 2.37 bits per heavy atom. The molecule has 11 nitrogen and oxygen atoms in total. The first-order valence-corrected chi connectivity index (χ1v) is 15.4. The average Bonchev–Trinajstić information content (AvgIpc) is 3.82. The standard InChI is InChI=1S/C35H35N5O6/c41-31(34(44)37-20-22-9-3-1-4-10-22)28(18-24-15-16-36-32(24)42)39-33(43)30-19-26(46-25-12-5-2-6-13-25)21-40(30)35(45)29-17-23-11-7-8-14-27(23)38-29/h1-14,17,24,26,28,30,38H,15-16,18-21H2,(H,36,42)(H,37,44)(H,39,43). The van der Waals surface area contributed by atoms with Crippen LogP contribution >= 0.6 is 0 Å². The molecule has 11 heteroatoms. The van der Waals surface area contributed by atoms with Crippen molar-refractivity contribution in [3.05, 3.63) is 102 Å². The van der Waals surface area contributed by atoms with E-state index in [1.54, 1.807) is 18.2 Å². The van der Waals surface area contributed by atoms with Crippen molar-refractivity contribution in [3.63, 3.8) is 0 Å². The fourth-order valence-corrected chi connectivity index (χ4v) is 6.07. The number of likely N-dealkylation sites (tertiary alicyclic amines) is 1. The summed E-state index contributed by atoms with van der Waals surface area (Å²) in [5.74, 6) is -2.89. The first-order valence-electron chi connectivity index (χ1n) is 15.4. The van der Waals surface area contributed by atoms with Crippen molar-refractivity contribution in [2.75, 3.05) is 13.1 Å². The van der Waals surface area contributed by atoms with Gasteiger partial charge in [-0.2, -0.15) is 0 Å². The van der Waals surface area contributed by atoms with Crippen molar-refractivity contribution in [3.8, 4) is 5.75 Å². The fraction of sp³-hybridized carbons (Fsp3) is 0.286. The maximum atomic E-state index is 14.0. The maximum absolute atomic E-state index is 14.0. The van der Waals surface area contributed by atoms with Crippen LogP contribution in [0.3, 0.4) is 0 Å². The number of hydrogen-bond donors (Lipinski definition) is 4. The van der Waals surface area contributed by atoms with Crippen LogP contribution < -0.4 is 20.7 Å². The highest BCUT2D eigenvalue weighted by molar-refractivity contribution is 6.38. The number of para-hydroxylation sites is 2. The number of carbonyl (C=O) groups excluding carboxylic acids is 5. The van der Waals surface area contributed by atoms with Gasteiger partial charge in [0.2, 0.25) is 17.6 Å². The largest absolute Gasteiger partial charge is 0.488 e. The predicted molar refractivity (Wildman–Crippen MR) is 170 cm³/mol. The van der Waals surface area contributed by atoms with Gasteiger partial charge in [-0.1, -0.05) is 66.7 Å². The molecule has 0 saturated carbocycles. The molecule has 6 rings (SSSR count). The van der Waals surface area contributed by atoms with Gasteiger partial charge in [0, 0.05) is 36.3 Å². The highest BCUT2D eigenvalue weighted by Gasteiger charge is 2.43. The molecule has 46 heavy (non-hydrogen) atoms. The van der Waals surface area contributed by atoms with Crippen molar-refractivity contribution in [1.29, 1.82) is 0 Å². The lowest BCUT2D eigenvalue weighted by Gasteiger charge is -2.26. The SMILES string of the molecule is O=C(NCc1ccccc1)C(=O)C(CC1CCNC1=O)NC(=O)C1CC(Oc2ccccc2)CN1C(=O)c1cc2ccccc2[nH]1. The number of ketones is 1. The fourth-order valence-electron chi connectivity index (χ4n) is 6.07. The Labute approximate surface area is 265 Å². The van der Waals surface area contributed by atoms with Crippen LogP contribution in [0.5, 0.6) is 5.75 Å². The third-order valence-electron chi connectivity index (χ3n) is 8.47. The minimum absolute atomic E-state index is 0.0399. The van der Waals surface area contributed by atoms with Gasteiger partial charge >= 0.3 is 0 Å². The number of benzene rings is 3. The van der Waals surface area contributed by atoms with Gasteiger partial charge in [0.25, 0.3) is 11.8 Å². The summed E-state index contributed by atoms with van der Waals surface area (Å²) < 4.78 is 6.15. The van der Waals surface area contributed by atoms with Crippen LogP contribution in [0, 0.1) is 5.92 Å². The molecule has 4 amide bonds. The van der Waals surface area contributed by atoms with Crippen molar-refractivity contribution >= 4 is 40.3 Å². The zero-order valence-electron chi connectivity index (χ0n) is 25.1. The molecule has 1 aromatic heterocycles. The molecular formula is C35H35N5O6. The lowest BCUT2D eigenvalue weighted by Crippen LogP contribution is -2.54. The Hall–Kier alpha value is -5.45.